The van der Waals surface area contributed by atoms with Crippen molar-refractivity contribution in [3.05, 3.63) is 40.6 Å². The third kappa shape index (κ3) is 3.17. The van der Waals surface area contributed by atoms with Crippen LogP contribution in [-0.4, -0.2) is 23.7 Å². The van der Waals surface area contributed by atoms with E-state index < -0.39 is 5.91 Å². The summed E-state index contributed by atoms with van der Waals surface area (Å²) >= 11 is 1.52. The highest BCUT2D eigenvalue weighted by molar-refractivity contribution is 7.16. The molecule has 1 amide bonds. The minimum absolute atomic E-state index is 0.166. The lowest BCUT2D eigenvalue weighted by atomic mass is 10.0. The number of carbonyl (C=O) groups is 1. The first-order valence-corrected chi connectivity index (χ1v) is 8.58. The zero-order valence-electron chi connectivity index (χ0n) is 13.5. The van der Waals surface area contributed by atoms with Crippen molar-refractivity contribution in [2.45, 2.75) is 33.2 Å². The quantitative estimate of drug-likeness (QED) is 0.867. The molecule has 0 unspecified atom stereocenters. The normalized spacial score (nSPS) is 15.5. The number of thiazole rings is 1. The van der Waals surface area contributed by atoms with Crippen molar-refractivity contribution in [2.75, 3.05) is 13.2 Å². The van der Waals surface area contributed by atoms with Crippen molar-refractivity contribution in [3.63, 3.8) is 0 Å². The maximum atomic E-state index is 12.2. The summed E-state index contributed by atoms with van der Waals surface area (Å²) in [6.07, 6.45) is 1.34. The number of hydrogen-bond acceptors (Lipinski definition) is 4. The Morgan fingerprint density at radius 2 is 2.22 bits per heavy atom. The number of amides is 1. The molecule has 1 aliphatic rings. The molecule has 0 radical (unpaired) electrons. The van der Waals surface area contributed by atoms with Gasteiger partial charge in [-0.2, -0.15) is 4.99 Å². The number of benzene rings is 1. The fourth-order valence-corrected chi connectivity index (χ4v) is 3.60. The summed E-state index contributed by atoms with van der Waals surface area (Å²) in [5, 5.41) is 0. The Hall–Kier alpha value is -2.08. The molecule has 1 aliphatic heterocycles. The summed E-state index contributed by atoms with van der Waals surface area (Å²) in [7, 11) is 0. The first-order chi connectivity index (χ1) is 11.1. The lowest BCUT2D eigenvalue weighted by Crippen LogP contribution is -2.19. The van der Waals surface area contributed by atoms with Crippen LogP contribution in [0.3, 0.4) is 0 Å². The van der Waals surface area contributed by atoms with E-state index >= 15 is 0 Å². The molecule has 0 fully saturated rings. The van der Waals surface area contributed by atoms with E-state index in [1.54, 1.807) is 0 Å². The van der Waals surface area contributed by atoms with Gasteiger partial charge in [0.05, 0.1) is 10.2 Å². The third-order valence-corrected chi connectivity index (χ3v) is 4.79. The minimum atomic E-state index is -0.400. The molecule has 0 bridgehead atoms. The standard InChI is InChI=1S/C17H20N2O3S/c1-4-19-13-6-5-12(11(2)3)9-15(13)23-17(19)18-16(20)14-10-21-7-8-22-14/h5-6,9-11H,4,7-8H2,1-3H3. The third-order valence-electron chi connectivity index (χ3n) is 3.75. The van der Waals surface area contributed by atoms with Crippen LogP contribution >= 0.6 is 11.3 Å². The van der Waals surface area contributed by atoms with Gasteiger partial charge in [-0.05, 0) is 30.5 Å². The number of hydrogen-bond donors (Lipinski definition) is 0. The van der Waals surface area contributed by atoms with Gasteiger partial charge in [-0.15, -0.1) is 0 Å². The lowest BCUT2D eigenvalue weighted by molar-refractivity contribution is -0.119. The molecule has 0 aliphatic carbocycles. The van der Waals surface area contributed by atoms with Gasteiger partial charge in [0.1, 0.15) is 19.5 Å². The van der Waals surface area contributed by atoms with Gasteiger partial charge in [0.15, 0.2) is 4.80 Å². The van der Waals surface area contributed by atoms with Crippen molar-refractivity contribution in [1.29, 1.82) is 0 Å². The highest BCUT2D eigenvalue weighted by Gasteiger charge is 2.15. The number of nitrogens with zero attached hydrogens (tertiary/aromatic N) is 2. The van der Waals surface area contributed by atoms with E-state index in [1.807, 2.05) is 11.5 Å². The van der Waals surface area contributed by atoms with E-state index in [9.17, 15) is 4.79 Å². The fourth-order valence-electron chi connectivity index (χ4n) is 2.46. The predicted octanol–water partition coefficient (Wildman–Crippen LogP) is 3.16. The molecule has 0 saturated carbocycles. The Bertz CT molecular complexity index is 830. The lowest BCUT2D eigenvalue weighted by Gasteiger charge is -2.12. The van der Waals surface area contributed by atoms with Crippen molar-refractivity contribution in [3.8, 4) is 0 Å². The highest BCUT2D eigenvalue weighted by Crippen LogP contribution is 2.23. The second kappa shape index (κ2) is 6.58. The van der Waals surface area contributed by atoms with E-state index in [1.165, 1.54) is 23.2 Å². The molecule has 2 aromatic rings. The molecule has 1 aromatic heterocycles. The zero-order chi connectivity index (χ0) is 16.4. The van der Waals surface area contributed by atoms with Gasteiger partial charge in [-0.1, -0.05) is 31.3 Å². The molecule has 0 spiro atoms. The number of aromatic nitrogens is 1. The Kier molecular flexibility index (Phi) is 4.52. The maximum Gasteiger partial charge on any atom is 0.317 e. The Labute approximate surface area is 138 Å². The van der Waals surface area contributed by atoms with E-state index in [4.69, 9.17) is 9.47 Å². The Balaban J connectivity index is 2.07. The van der Waals surface area contributed by atoms with Crippen molar-refractivity contribution in [2.24, 2.45) is 4.99 Å². The molecule has 23 heavy (non-hydrogen) atoms. The minimum Gasteiger partial charge on any atom is -0.494 e. The van der Waals surface area contributed by atoms with Crippen LogP contribution in [0, 0.1) is 0 Å². The summed E-state index contributed by atoms with van der Waals surface area (Å²) in [6.45, 7) is 7.99. The largest absolute Gasteiger partial charge is 0.494 e. The first-order valence-electron chi connectivity index (χ1n) is 7.77. The van der Waals surface area contributed by atoms with E-state index in [2.05, 4.69) is 37.0 Å². The van der Waals surface area contributed by atoms with Crippen LogP contribution in [0.15, 0.2) is 35.2 Å². The molecule has 0 saturated heterocycles. The monoisotopic (exact) mass is 332 g/mol. The molecular weight excluding hydrogens is 312 g/mol. The first kappa shape index (κ1) is 15.8. The summed E-state index contributed by atoms with van der Waals surface area (Å²) < 4.78 is 13.6. The summed E-state index contributed by atoms with van der Waals surface area (Å²) in [6, 6.07) is 6.42. The average molecular weight is 332 g/mol. The molecule has 0 atom stereocenters. The van der Waals surface area contributed by atoms with Crippen molar-refractivity contribution >= 4 is 27.5 Å². The average Bonchev–Trinajstić information content (AvgIpc) is 2.91. The molecular formula is C17H20N2O3S. The van der Waals surface area contributed by atoms with Crippen LogP contribution in [0.1, 0.15) is 32.3 Å². The number of carbonyl (C=O) groups excluding carboxylic acids is 1. The molecule has 122 valence electrons. The van der Waals surface area contributed by atoms with Crippen molar-refractivity contribution < 1.29 is 14.3 Å². The predicted molar refractivity (Wildman–Crippen MR) is 90.1 cm³/mol. The molecule has 3 rings (SSSR count). The fraction of sp³-hybridized carbons (Fsp3) is 0.412. The van der Waals surface area contributed by atoms with Gasteiger partial charge in [0.25, 0.3) is 0 Å². The highest BCUT2D eigenvalue weighted by atomic mass is 32.1. The number of fused-ring (bicyclic) bond motifs is 1. The number of rotatable bonds is 3. The Morgan fingerprint density at radius 3 is 2.87 bits per heavy atom. The summed E-state index contributed by atoms with van der Waals surface area (Å²) in [5.41, 5.74) is 2.38. The van der Waals surface area contributed by atoms with E-state index in [-0.39, 0.29) is 5.76 Å². The van der Waals surface area contributed by atoms with Gasteiger partial charge < -0.3 is 14.0 Å². The molecule has 6 heteroatoms. The summed E-state index contributed by atoms with van der Waals surface area (Å²) in [4.78, 5) is 17.2. The molecule has 2 heterocycles. The van der Waals surface area contributed by atoms with Crippen LogP contribution in [-0.2, 0) is 20.8 Å². The number of ether oxygens (including phenoxy) is 2. The van der Waals surface area contributed by atoms with Gasteiger partial charge in [0, 0.05) is 6.54 Å². The van der Waals surface area contributed by atoms with Crippen LogP contribution in [0.2, 0.25) is 0 Å². The summed E-state index contributed by atoms with van der Waals surface area (Å²) in [5.74, 6) is 0.235. The second-order valence-electron chi connectivity index (χ2n) is 5.63. The molecule has 5 nitrogen and oxygen atoms in total. The molecule has 1 aromatic carbocycles. The van der Waals surface area contributed by atoms with Crippen LogP contribution in [0.4, 0.5) is 0 Å². The van der Waals surface area contributed by atoms with E-state index in [0.29, 0.717) is 23.9 Å². The van der Waals surface area contributed by atoms with Crippen LogP contribution in [0.25, 0.3) is 10.2 Å². The SMILES string of the molecule is CCn1c(=NC(=O)C2=COCCO2)sc2cc(C(C)C)ccc21. The smallest absolute Gasteiger partial charge is 0.317 e. The van der Waals surface area contributed by atoms with E-state index in [0.717, 1.165) is 16.8 Å². The topological polar surface area (TPSA) is 52.8 Å². The van der Waals surface area contributed by atoms with Gasteiger partial charge in [0.2, 0.25) is 5.76 Å². The molecule has 0 N–H and O–H groups in total. The maximum absolute atomic E-state index is 12.2. The van der Waals surface area contributed by atoms with Crippen LogP contribution < -0.4 is 4.80 Å². The number of aryl methyl sites for hydroxylation is 1. The van der Waals surface area contributed by atoms with Gasteiger partial charge in [-0.25, -0.2) is 0 Å². The van der Waals surface area contributed by atoms with Crippen molar-refractivity contribution in [1.82, 2.24) is 4.57 Å². The zero-order valence-corrected chi connectivity index (χ0v) is 14.4. The van der Waals surface area contributed by atoms with Crippen LogP contribution in [0.5, 0.6) is 0 Å². The Morgan fingerprint density at radius 1 is 1.39 bits per heavy atom. The second-order valence-corrected chi connectivity index (χ2v) is 6.64. The van der Waals surface area contributed by atoms with Gasteiger partial charge >= 0.3 is 5.91 Å². The van der Waals surface area contributed by atoms with Gasteiger partial charge in [-0.3, -0.25) is 4.79 Å².